The number of rotatable bonds is 3. The lowest BCUT2D eigenvalue weighted by atomic mass is 9.84. The average Bonchev–Trinajstić information content (AvgIpc) is 2.63. The summed E-state index contributed by atoms with van der Waals surface area (Å²) in [4.78, 5) is 29.5. The quantitative estimate of drug-likeness (QED) is 0.405. The van der Waals surface area contributed by atoms with Gasteiger partial charge in [-0.05, 0) is 12.1 Å². The van der Waals surface area contributed by atoms with E-state index in [9.17, 15) is 30.0 Å². The van der Waals surface area contributed by atoms with Crippen molar-refractivity contribution in [3.8, 4) is 0 Å². The van der Waals surface area contributed by atoms with Gasteiger partial charge < -0.3 is 30.6 Å². The Morgan fingerprint density at radius 2 is 1.80 bits per heavy atom. The first-order valence-corrected chi connectivity index (χ1v) is 7.82. The summed E-state index contributed by atoms with van der Waals surface area (Å²) in [6, 6.07) is 4.95. The third kappa shape index (κ3) is 3.02. The zero-order chi connectivity index (χ0) is 18.1. The number of nitrogens with zero attached hydrogens (tertiary/aromatic N) is 2. The third-order valence-corrected chi connectivity index (χ3v) is 4.61. The Morgan fingerprint density at radius 3 is 2.44 bits per heavy atom. The molecule has 25 heavy (non-hydrogen) atoms. The highest BCUT2D eigenvalue weighted by Crippen LogP contribution is 2.28. The van der Waals surface area contributed by atoms with Crippen molar-refractivity contribution in [2.24, 2.45) is 4.99 Å². The molecule has 1 aromatic carbocycles. The Balaban J connectivity index is 1.90. The number of hydrogen-bond donors (Lipinski definition) is 5. The summed E-state index contributed by atoms with van der Waals surface area (Å²) in [7, 11) is 0. The first kappa shape index (κ1) is 17.5. The Kier molecular flexibility index (Phi) is 4.82. The van der Waals surface area contributed by atoms with Crippen LogP contribution in [0.25, 0.3) is 0 Å². The molecule has 2 heterocycles. The van der Waals surface area contributed by atoms with E-state index in [1.54, 1.807) is 30.3 Å². The Bertz CT molecular complexity index is 682. The maximum absolute atomic E-state index is 12.4. The normalized spacial score (nSPS) is 34.6. The summed E-state index contributed by atoms with van der Waals surface area (Å²) in [6.45, 7) is -0.527. The van der Waals surface area contributed by atoms with Crippen LogP contribution < -0.4 is 5.32 Å². The molecule has 0 bridgehead atoms. The number of aliphatic hydroxyl groups excluding tert-OH is 4. The van der Waals surface area contributed by atoms with Gasteiger partial charge in [0.2, 0.25) is 0 Å². The van der Waals surface area contributed by atoms with E-state index in [-0.39, 0.29) is 0 Å². The molecule has 2 aliphatic rings. The minimum absolute atomic E-state index is 0.320. The molecule has 2 amide bonds. The molecule has 6 atom stereocenters. The lowest BCUT2D eigenvalue weighted by molar-refractivity contribution is -0.162. The van der Waals surface area contributed by atoms with Crippen molar-refractivity contribution in [1.82, 2.24) is 10.2 Å². The van der Waals surface area contributed by atoms with Crippen molar-refractivity contribution in [2.45, 2.75) is 36.4 Å². The summed E-state index contributed by atoms with van der Waals surface area (Å²) in [5.74, 6) is -1.23. The topological polar surface area (TPSA) is 143 Å². The molecule has 9 heteroatoms. The molecule has 0 aliphatic carbocycles. The van der Waals surface area contributed by atoms with E-state index in [0.29, 0.717) is 5.56 Å². The number of benzene rings is 1. The Labute approximate surface area is 143 Å². The van der Waals surface area contributed by atoms with Crippen LogP contribution in [-0.2, 0) is 4.79 Å². The van der Waals surface area contributed by atoms with Crippen LogP contribution in [-0.4, -0.2) is 86.5 Å². The molecule has 3 rings (SSSR count). The fourth-order valence-corrected chi connectivity index (χ4v) is 3.25. The van der Waals surface area contributed by atoms with Crippen molar-refractivity contribution < 1.29 is 30.0 Å². The standard InChI is InChI=1S/C16H19N3O6/c20-6-9-12(21)14(23)13(22)11-10(16(25)17-7-19(9)11)18-15(24)8-4-2-1-3-5-8/h1-5,7,9-14,20-23H,6H2,(H,18,24)/t9-,10+,11-,12+,13+,14+/m0/s1. The summed E-state index contributed by atoms with van der Waals surface area (Å²) in [6.07, 6.45) is -3.41. The molecule has 1 aromatic rings. The number of carbonyl (C=O) groups is 2. The lowest BCUT2D eigenvalue weighted by Crippen LogP contribution is -2.74. The van der Waals surface area contributed by atoms with Crippen LogP contribution >= 0.6 is 0 Å². The SMILES string of the molecule is O=C(N[C@H]1C(=O)N=CN2[C@@H]1[C@@H](O)[C@H](O)[C@H](O)[C@@H]2CO)c1ccccc1. The summed E-state index contributed by atoms with van der Waals surface area (Å²) < 4.78 is 0. The fourth-order valence-electron chi connectivity index (χ4n) is 3.25. The van der Waals surface area contributed by atoms with Crippen molar-refractivity contribution in [1.29, 1.82) is 0 Å². The number of piperidine rings is 1. The van der Waals surface area contributed by atoms with Gasteiger partial charge in [0.05, 0.1) is 25.0 Å². The molecule has 0 aromatic heterocycles. The van der Waals surface area contributed by atoms with E-state index in [1.807, 2.05) is 0 Å². The van der Waals surface area contributed by atoms with Crippen LogP contribution in [0.15, 0.2) is 35.3 Å². The van der Waals surface area contributed by atoms with Gasteiger partial charge in [-0.25, -0.2) is 4.99 Å². The van der Waals surface area contributed by atoms with Crippen LogP contribution in [0.4, 0.5) is 0 Å². The van der Waals surface area contributed by atoms with Gasteiger partial charge in [-0.2, -0.15) is 0 Å². The largest absolute Gasteiger partial charge is 0.394 e. The smallest absolute Gasteiger partial charge is 0.271 e. The van der Waals surface area contributed by atoms with Crippen LogP contribution in [0.1, 0.15) is 10.4 Å². The molecular weight excluding hydrogens is 330 g/mol. The summed E-state index contributed by atoms with van der Waals surface area (Å²) in [5.41, 5.74) is 0.320. The first-order valence-electron chi connectivity index (χ1n) is 7.82. The number of aliphatic imine (C=N–C) groups is 1. The van der Waals surface area contributed by atoms with E-state index < -0.39 is 54.9 Å². The van der Waals surface area contributed by atoms with E-state index in [1.165, 1.54) is 4.90 Å². The van der Waals surface area contributed by atoms with Crippen LogP contribution in [0.5, 0.6) is 0 Å². The molecule has 134 valence electrons. The second-order valence-corrected chi connectivity index (χ2v) is 6.06. The van der Waals surface area contributed by atoms with E-state index in [2.05, 4.69) is 10.3 Å². The maximum atomic E-state index is 12.4. The fraction of sp³-hybridized carbons (Fsp3) is 0.438. The van der Waals surface area contributed by atoms with E-state index >= 15 is 0 Å². The average molecular weight is 349 g/mol. The third-order valence-electron chi connectivity index (χ3n) is 4.61. The minimum atomic E-state index is -1.58. The van der Waals surface area contributed by atoms with Gasteiger partial charge in [0, 0.05) is 5.56 Å². The van der Waals surface area contributed by atoms with Gasteiger partial charge in [-0.3, -0.25) is 9.59 Å². The molecule has 0 saturated carbocycles. The van der Waals surface area contributed by atoms with E-state index in [0.717, 1.165) is 6.34 Å². The molecular formula is C16H19N3O6. The lowest BCUT2D eigenvalue weighted by Gasteiger charge is -2.51. The predicted molar refractivity (Wildman–Crippen MR) is 85.7 cm³/mol. The van der Waals surface area contributed by atoms with Crippen LogP contribution in [0, 0.1) is 0 Å². The van der Waals surface area contributed by atoms with Gasteiger partial charge in [0.1, 0.15) is 24.4 Å². The molecule has 2 aliphatic heterocycles. The molecule has 0 spiro atoms. The number of nitrogens with one attached hydrogen (secondary N) is 1. The Hall–Kier alpha value is -2.33. The molecule has 0 radical (unpaired) electrons. The summed E-state index contributed by atoms with van der Waals surface area (Å²) >= 11 is 0. The van der Waals surface area contributed by atoms with Crippen molar-refractivity contribution >= 4 is 18.2 Å². The number of fused-ring (bicyclic) bond motifs is 1. The number of carbonyl (C=O) groups excluding carboxylic acids is 2. The monoisotopic (exact) mass is 349 g/mol. The van der Waals surface area contributed by atoms with Crippen LogP contribution in [0.3, 0.4) is 0 Å². The second-order valence-electron chi connectivity index (χ2n) is 6.06. The number of aliphatic hydroxyl groups is 4. The zero-order valence-electron chi connectivity index (χ0n) is 13.1. The van der Waals surface area contributed by atoms with Gasteiger partial charge in [-0.1, -0.05) is 18.2 Å². The van der Waals surface area contributed by atoms with E-state index in [4.69, 9.17) is 0 Å². The number of hydrogen-bond acceptors (Lipinski definition) is 7. The predicted octanol–water partition coefficient (Wildman–Crippen LogP) is -2.52. The van der Waals surface area contributed by atoms with Crippen molar-refractivity contribution in [3.05, 3.63) is 35.9 Å². The summed E-state index contributed by atoms with van der Waals surface area (Å²) in [5, 5.41) is 42.4. The highest BCUT2D eigenvalue weighted by atomic mass is 16.4. The van der Waals surface area contributed by atoms with Crippen LogP contribution in [0.2, 0.25) is 0 Å². The molecule has 5 N–H and O–H groups in total. The van der Waals surface area contributed by atoms with Crippen molar-refractivity contribution in [2.75, 3.05) is 6.61 Å². The molecule has 9 nitrogen and oxygen atoms in total. The molecule has 0 unspecified atom stereocenters. The highest BCUT2D eigenvalue weighted by Gasteiger charge is 2.53. The Morgan fingerprint density at radius 1 is 1.12 bits per heavy atom. The minimum Gasteiger partial charge on any atom is -0.394 e. The second kappa shape index (κ2) is 6.89. The maximum Gasteiger partial charge on any atom is 0.271 e. The van der Waals surface area contributed by atoms with Gasteiger partial charge in [0.15, 0.2) is 0 Å². The van der Waals surface area contributed by atoms with Gasteiger partial charge in [-0.15, -0.1) is 0 Å². The molecule has 1 saturated heterocycles. The first-order chi connectivity index (χ1) is 12.0. The number of amides is 2. The van der Waals surface area contributed by atoms with Gasteiger partial charge in [0.25, 0.3) is 11.8 Å². The zero-order valence-corrected chi connectivity index (χ0v) is 13.1. The van der Waals surface area contributed by atoms with Gasteiger partial charge >= 0.3 is 0 Å². The van der Waals surface area contributed by atoms with Crippen molar-refractivity contribution in [3.63, 3.8) is 0 Å². The molecule has 1 fully saturated rings. The highest BCUT2D eigenvalue weighted by molar-refractivity contribution is 6.00.